The number of likely N-dealkylation sites (tertiary alicyclic amines) is 1. The van der Waals surface area contributed by atoms with Crippen LogP contribution in [0.5, 0.6) is 0 Å². The Balaban J connectivity index is 1.43. The molecule has 6 nitrogen and oxygen atoms in total. The van der Waals surface area contributed by atoms with Crippen molar-refractivity contribution >= 4 is 11.8 Å². The Labute approximate surface area is 148 Å². The fourth-order valence-electron chi connectivity index (χ4n) is 3.24. The summed E-state index contributed by atoms with van der Waals surface area (Å²) in [7, 11) is 0. The monoisotopic (exact) mass is 346 g/mol. The van der Waals surface area contributed by atoms with Gasteiger partial charge in [0.25, 0.3) is 5.91 Å². The molecule has 0 bridgehead atoms. The summed E-state index contributed by atoms with van der Waals surface area (Å²) in [6, 6.07) is 7.63. The van der Waals surface area contributed by atoms with Crippen LogP contribution < -0.4 is 5.32 Å². The van der Waals surface area contributed by atoms with E-state index in [9.17, 15) is 9.59 Å². The van der Waals surface area contributed by atoms with E-state index < -0.39 is 0 Å². The summed E-state index contributed by atoms with van der Waals surface area (Å²) in [5.41, 5.74) is 1.85. The highest BCUT2D eigenvalue weighted by Crippen LogP contribution is 2.19. The van der Waals surface area contributed by atoms with Crippen molar-refractivity contribution < 1.29 is 19.1 Å². The van der Waals surface area contributed by atoms with Crippen molar-refractivity contribution in [3.63, 3.8) is 0 Å². The molecule has 2 amide bonds. The summed E-state index contributed by atoms with van der Waals surface area (Å²) in [5, 5.41) is 2.96. The van der Waals surface area contributed by atoms with Crippen LogP contribution in [-0.2, 0) is 14.3 Å². The molecule has 0 spiro atoms. The van der Waals surface area contributed by atoms with Gasteiger partial charge in [-0.05, 0) is 31.9 Å². The second kappa shape index (κ2) is 8.45. The Bertz CT molecular complexity index is 588. The SMILES string of the molecule is Cc1ccc(C(=O)N2CCC(C(=O)NCC3COCCO3)CC2)cc1. The molecule has 136 valence electrons. The fourth-order valence-corrected chi connectivity index (χ4v) is 3.24. The predicted octanol–water partition coefficient (Wildman–Crippen LogP) is 1.38. The second-order valence-electron chi connectivity index (χ2n) is 6.75. The molecule has 1 N–H and O–H groups in total. The van der Waals surface area contributed by atoms with E-state index >= 15 is 0 Å². The largest absolute Gasteiger partial charge is 0.376 e. The predicted molar refractivity (Wildman–Crippen MR) is 93.4 cm³/mol. The normalized spacial score (nSPS) is 21.8. The summed E-state index contributed by atoms with van der Waals surface area (Å²) in [4.78, 5) is 26.7. The lowest BCUT2D eigenvalue weighted by atomic mass is 9.95. The molecule has 0 aromatic heterocycles. The molecule has 6 heteroatoms. The standard InChI is InChI=1S/C19H26N2O4/c1-14-2-4-16(5-3-14)19(23)21-8-6-15(7-9-21)18(22)20-12-17-13-24-10-11-25-17/h2-5,15,17H,6-13H2,1H3,(H,20,22). The number of carbonyl (C=O) groups excluding carboxylic acids is 2. The maximum absolute atomic E-state index is 12.5. The van der Waals surface area contributed by atoms with Crippen molar-refractivity contribution in [2.75, 3.05) is 39.5 Å². The lowest BCUT2D eigenvalue weighted by molar-refractivity contribution is -0.128. The molecule has 0 radical (unpaired) electrons. The van der Waals surface area contributed by atoms with Gasteiger partial charge in [-0.3, -0.25) is 9.59 Å². The maximum Gasteiger partial charge on any atom is 0.253 e. The van der Waals surface area contributed by atoms with Crippen LogP contribution in [0.4, 0.5) is 0 Å². The van der Waals surface area contributed by atoms with Gasteiger partial charge in [0.1, 0.15) is 0 Å². The van der Waals surface area contributed by atoms with E-state index in [0.29, 0.717) is 57.9 Å². The zero-order valence-electron chi connectivity index (χ0n) is 14.7. The molecule has 1 aromatic rings. The van der Waals surface area contributed by atoms with Crippen molar-refractivity contribution in [1.29, 1.82) is 0 Å². The van der Waals surface area contributed by atoms with Gasteiger partial charge in [-0.1, -0.05) is 17.7 Å². The molecule has 2 heterocycles. The van der Waals surface area contributed by atoms with E-state index in [4.69, 9.17) is 9.47 Å². The molecule has 2 aliphatic rings. The first-order chi connectivity index (χ1) is 12.1. The van der Waals surface area contributed by atoms with Gasteiger partial charge in [0, 0.05) is 31.1 Å². The number of benzene rings is 1. The van der Waals surface area contributed by atoms with Crippen molar-refractivity contribution in [2.45, 2.75) is 25.9 Å². The van der Waals surface area contributed by atoms with E-state index in [1.165, 1.54) is 0 Å². The average Bonchev–Trinajstić information content (AvgIpc) is 2.67. The summed E-state index contributed by atoms with van der Waals surface area (Å²) in [5.74, 6) is 0.0646. The van der Waals surface area contributed by atoms with Crippen LogP contribution in [0, 0.1) is 12.8 Å². The highest BCUT2D eigenvalue weighted by Gasteiger charge is 2.28. The van der Waals surface area contributed by atoms with Crippen LogP contribution in [0.3, 0.4) is 0 Å². The molecular weight excluding hydrogens is 320 g/mol. The first-order valence-corrected chi connectivity index (χ1v) is 8.96. The van der Waals surface area contributed by atoms with Crippen LogP contribution in [0.15, 0.2) is 24.3 Å². The number of amides is 2. The lowest BCUT2D eigenvalue weighted by Crippen LogP contribution is -2.45. The molecule has 1 atom stereocenters. The zero-order valence-corrected chi connectivity index (χ0v) is 14.7. The summed E-state index contributed by atoms with van der Waals surface area (Å²) < 4.78 is 10.9. The van der Waals surface area contributed by atoms with Crippen LogP contribution in [0.1, 0.15) is 28.8 Å². The average molecular weight is 346 g/mol. The summed E-state index contributed by atoms with van der Waals surface area (Å²) >= 11 is 0. The van der Waals surface area contributed by atoms with E-state index in [0.717, 1.165) is 5.56 Å². The van der Waals surface area contributed by atoms with Gasteiger partial charge in [0.2, 0.25) is 5.91 Å². The van der Waals surface area contributed by atoms with E-state index in [1.807, 2.05) is 36.1 Å². The number of ether oxygens (including phenoxy) is 2. The second-order valence-corrected chi connectivity index (χ2v) is 6.75. The lowest BCUT2D eigenvalue weighted by Gasteiger charge is -2.32. The number of hydrogen-bond acceptors (Lipinski definition) is 4. The third kappa shape index (κ3) is 4.80. The van der Waals surface area contributed by atoms with Gasteiger partial charge in [-0.15, -0.1) is 0 Å². The number of nitrogens with one attached hydrogen (secondary N) is 1. The quantitative estimate of drug-likeness (QED) is 0.894. The topological polar surface area (TPSA) is 67.9 Å². The first kappa shape index (κ1) is 17.9. The van der Waals surface area contributed by atoms with E-state index in [2.05, 4.69) is 5.32 Å². The van der Waals surface area contributed by atoms with Gasteiger partial charge in [0.05, 0.1) is 25.9 Å². The Hall–Kier alpha value is -1.92. The van der Waals surface area contributed by atoms with Gasteiger partial charge in [-0.2, -0.15) is 0 Å². The Morgan fingerprint density at radius 1 is 1.16 bits per heavy atom. The van der Waals surface area contributed by atoms with Gasteiger partial charge >= 0.3 is 0 Å². The molecule has 2 saturated heterocycles. The minimum absolute atomic E-state index is 0.0356. The van der Waals surface area contributed by atoms with Crippen LogP contribution in [0.25, 0.3) is 0 Å². The Kier molecular flexibility index (Phi) is 6.04. The van der Waals surface area contributed by atoms with Gasteiger partial charge in [0.15, 0.2) is 0 Å². The number of piperidine rings is 1. The van der Waals surface area contributed by atoms with Crippen molar-refractivity contribution in [3.05, 3.63) is 35.4 Å². The Morgan fingerprint density at radius 2 is 1.88 bits per heavy atom. The fraction of sp³-hybridized carbons (Fsp3) is 0.579. The molecule has 2 fully saturated rings. The molecule has 2 aliphatic heterocycles. The molecule has 0 aliphatic carbocycles. The minimum Gasteiger partial charge on any atom is -0.376 e. The van der Waals surface area contributed by atoms with E-state index in [-0.39, 0.29) is 23.8 Å². The van der Waals surface area contributed by atoms with Crippen LogP contribution in [-0.4, -0.2) is 62.3 Å². The number of carbonyl (C=O) groups is 2. The number of aryl methyl sites for hydroxylation is 1. The van der Waals surface area contributed by atoms with Crippen LogP contribution in [0.2, 0.25) is 0 Å². The van der Waals surface area contributed by atoms with Gasteiger partial charge in [-0.25, -0.2) is 0 Å². The summed E-state index contributed by atoms with van der Waals surface area (Å²) in [6.07, 6.45) is 1.35. The number of hydrogen-bond donors (Lipinski definition) is 1. The molecule has 25 heavy (non-hydrogen) atoms. The van der Waals surface area contributed by atoms with E-state index in [1.54, 1.807) is 0 Å². The first-order valence-electron chi connectivity index (χ1n) is 8.96. The number of nitrogens with zero attached hydrogens (tertiary/aromatic N) is 1. The van der Waals surface area contributed by atoms with Gasteiger partial charge < -0.3 is 19.7 Å². The molecule has 0 saturated carbocycles. The van der Waals surface area contributed by atoms with Crippen LogP contribution >= 0.6 is 0 Å². The molecule has 1 unspecified atom stereocenters. The molecule has 3 rings (SSSR count). The maximum atomic E-state index is 12.5. The Morgan fingerprint density at radius 3 is 2.52 bits per heavy atom. The number of rotatable bonds is 4. The zero-order chi connectivity index (χ0) is 17.6. The summed E-state index contributed by atoms with van der Waals surface area (Å²) in [6.45, 7) is 5.47. The smallest absolute Gasteiger partial charge is 0.253 e. The molecular formula is C19H26N2O4. The highest BCUT2D eigenvalue weighted by molar-refractivity contribution is 5.94. The van der Waals surface area contributed by atoms with Crippen molar-refractivity contribution in [1.82, 2.24) is 10.2 Å². The third-order valence-corrected chi connectivity index (χ3v) is 4.84. The van der Waals surface area contributed by atoms with Crippen molar-refractivity contribution in [2.24, 2.45) is 5.92 Å². The third-order valence-electron chi connectivity index (χ3n) is 4.84. The molecule has 1 aromatic carbocycles. The highest BCUT2D eigenvalue weighted by atomic mass is 16.6. The minimum atomic E-state index is -0.0547. The van der Waals surface area contributed by atoms with Crippen molar-refractivity contribution in [3.8, 4) is 0 Å².